The van der Waals surface area contributed by atoms with Crippen LogP contribution in [0.3, 0.4) is 0 Å². The van der Waals surface area contributed by atoms with Crippen LogP contribution in [-0.2, 0) is 16.1 Å². The Hall–Kier alpha value is -2.00. The summed E-state index contributed by atoms with van der Waals surface area (Å²) in [6.07, 6.45) is 2.09. The monoisotopic (exact) mass is 363 g/mol. The highest BCUT2D eigenvalue weighted by Crippen LogP contribution is 2.29. The van der Waals surface area contributed by atoms with Crippen molar-refractivity contribution in [2.75, 3.05) is 32.7 Å². The Bertz CT molecular complexity index is 663. The van der Waals surface area contributed by atoms with Gasteiger partial charge in [0, 0.05) is 37.6 Å². The number of rotatable bonds is 4. The average molecular weight is 363 g/mol. The zero-order valence-corrected chi connectivity index (χ0v) is 14.7. The topological polar surface area (TPSA) is 85.8 Å². The number of urea groups is 1. The maximum atomic E-state index is 12.7. The first-order valence-electron chi connectivity index (χ1n) is 8.57. The molecule has 1 aromatic rings. The Balaban J connectivity index is 1.42. The summed E-state index contributed by atoms with van der Waals surface area (Å²) >= 11 is 1.60. The fraction of sp³-hybridized carbons (Fsp3) is 0.625. The number of aromatic nitrogens is 1. The molecule has 5 heterocycles. The molecule has 4 aliphatic heterocycles. The van der Waals surface area contributed by atoms with E-state index in [4.69, 9.17) is 0 Å². The van der Waals surface area contributed by atoms with Crippen molar-refractivity contribution < 1.29 is 14.4 Å². The Morgan fingerprint density at radius 1 is 1.28 bits per heavy atom. The molecule has 4 saturated heterocycles. The van der Waals surface area contributed by atoms with Gasteiger partial charge < -0.3 is 10.2 Å². The van der Waals surface area contributed by atoms with Gasteiger partial charge in [-0.2, -0.15) is 0 Å². The van der Waals surface area contributed by atoms with Crippen LogP contribution in [0, 0.1) is 5.92 Å². The molecule has 0 aliphatic carbocycles. The summed E-state index contributed by atoms with van der Waals surface area (Å²) in [6, 6.07) is -0.325. The van der Waals surface area contributed by atoms with Crippen molar-refractivity contribution in [3.63, 3.8) is 0 Å². The predicted octanol–water partition coefficient (Wildman–Crippen LogP) is 0.118. The zero-order valence-electron chi connectivity index (χ0n) is 13.9. The molecule has 134 valence electrons. The summed E-state index contributed by atoms with van der Waals surface area (Å²) in [5.74, 6) is -0.0245. The number of thiazole rings is 1. The van der Waals surface area contributed by atoms with Crippen LogP contribution in [0.1, 0.15) is 18.5 Å². The van der Waals surface area contributed by atoms with E-state index < -0.39 is 6.03 Å². The fourth-order valence-electron chi connectivity index (χ4n) is 4.00. The molecule has 25 heavy (non-hydrogen) atoms. The number of hydrogen-bond donors (Lipinski definition) is 1. The fourth-order valence-corrected chi connectivity index (χ4v) is 4.55. The van der Waals surface area contributed by atoms with E-state index in [-0.39, 0.29) is 30.9 Å². The van der Waals surface area contributed by atoms with E-state index in [1.54, 1.807) is 11.3 Å². The van der Waals surface area contributed by atoms with Crippen LogP contribution in [-0.4, -0.2) is 76.3 Å². The third-order valence-corrected chi connectivity index (χ3v) is 5.84. The van der Waals surface area contributed by atoms with E-state index in [1.165, 1.54) is 0 Å². The van der Waals surface area contributed by atoms with Crippen LogP contribution in [0.4, 0.5) is 4.79 Å². The van der Waals surface area contributed by atoms with Crippen molar-refractivity contribution in [2.24, 2.45) is 5.92 Å². The minimum absolute atomic E-state index is 0.0143. The lowest BCUT2D eigenvalue weighted by Crippen LogP contribution is -2.51. The molecule has 8 nitrogen and oxygen atoms in total. The number of carbonyl (C=O) groups excluding carboxylic acids is 3. The molecule has 0 aromatic carbocycles. The van der Waals surface area contributed by atoms with E-state index in [0.29, 0.717) is 12.5 Å². The largest absolute Gasteiger partial charge is 0.337 e. The van der Waals surface area contributed by atoms with Crippen molar-refractivity contribution in [2.45, 2.75) is 25.4 Å². The summed E-state index contributed by atoms with van der Waals surface area (Å²) in [5, 5.41) is 4.52. The summed E-state index contributed by atoms with van der Waals surface area (Å²) in [6.45, 7) is 3.13. The minimum atomic E-state index is -0.469. The van der Waals surface area contributed by atoms with Gasteiger partial charge in [0.2, 0.25) is 5.91 Å². The standard InChI is InChI=1S/C16H21N5O3S/c22-14-3-17-16(24)21(14)8-15(23)20-5-11-1-2-13(20)7-19(4-11)6-12-9-25-10-18-12/h9-11,13H,1-8H2,(H,17,24)/t11-,13+/m0/s1. The number of nitrogens with zero attached hydrogens (tertiary/aromatic N) is 4. The molecule has 5 rings (SSSR count). The lowest BCUT2D eigenvalue weighted by atomic mass is 9.95. The highest BCUT2D eigenvalue weighted by atomic mass is 32.1. The zero-order chi connectivity index (χ0) is 17.4. The number of nitrogens with one attached hydrogen (secondary N) is 1. The number of hydrogen-bond acceptors (Lipinski definition) is 6. The van der Waals surface area contributed by atoms with Gasteiger partial charge >= 0.3 is 6.03 Å². The number of fused-ring (bicyclic) bond motifs is 4. The van der Waals surface area contributed by atoms with Crippen LogP contribution in [0.25, 0.3) is 0 Å². The van der Waals surface area contributed by atoms with E-state index >= 15 is 0 Å². The Morgan fingerprint density at radius 3 is 2.88 bits per heavy atom. The third kappa shape index (κ3) is 3.38. The van der Waals surface area contributed by atoms with Gasteiger partial charge in [-0.3, -0.25) is 19.4 Å². The maximum absolute atomic E-state index is 12.7. The van der Waals surface area contributed by atoms with Crippen molar-refractivity contribution in [1.82, 2.24) is 25.0 Å². The Morgan fingerprint density at radius 2 is 2.16 bits per heavy atom. The van der Waals surface area contributed by atoms with Gasteiger partial charge in [0.05, 0.1) is 17.7 Å². The van der Waals surface area contributed by atoms with E-state index in [9.17, 15) is 14.4 Å². The summed E-state index contributed by atoms with van der Waals surface area (Å²) in [7, 11) is 0. The van der Waals surface area contributed by atoms with Gasteiger partial charge in [-0.05, 0) is 18.8 Å². The smallest absolute Gasteiger partial charge is 0.325 e. The first kappa shape index (κ1) is 16.5. The van der Waals surface area contributed by atoms with Gasteiger partial charge in [0.15, 0.2) is 0 Å². The molecule has 0 saturated carbocycles. The van der Waals surface area contributed by atoms with Crippen molar-refractivity contribution >= 4 is 29.2 Å². The highest BCUT2D eigenvalue weighted by Gasteiger charge is 2.39. The van der Waals surface area contributed by atoms with Gasteiger partial charge in [0.1, 0.15) is 6.54 Å². The van der Waals surface area contributed by atoms with E-state index in [1.807, 2.05) is 10.4 Å². The molecule has 0 unspecified atom stereocenters. The molecule has 1 aromatic heterocycles. The van der Waals surface area contributed by atoms with Crippen LogP contribution < -0.4 is 5.32 Å². The maximum Gasteiger partial charge on any atom is 0.325 e. The predicted molar refractivity (Wildman–Crippen MR) is 90.7 cm³/mol. The van der Waals surface area contributed by atoms with E-state index in [2.05, 4.69) is 20.6 Å². The quantitative estimate of drug-likeness (QED) is 0.768. The normalized spacial score (nSPS) is 26.9. The van der Waals surface area contributed by atoms with Crippen molar-refractivity contribution in [1.29, 1.82) is 0 Å². The Labute approximate surface area is 149 Å². The second kappa shape index (κ2) is 6.72. The minimum Gasteiger partial charge on any atom is -0.337 e. The molecule has 4 fully saturated rings. The Kier molecular flexibility index (Phi) is 4.43. The number of piperidine rings is 1. The lowest BCUT2D eigenvalue weighted by Gasteiger charge is -2.36. The SMILES string of the molecule is O=C1CNC(=O)N1CC(=O)N1C[C@H]2CC[C@@H]1CN(Cc1cscn1)C2. The molecule has 2 bridgehead atoms. The van der Waals surface area contributed by atoms with Gasteiger partial charge in [0.25, 0.3) is 5.91 Å². The molecule has 0 radical (unpaired) electrons. The number of imide groups is 1. The molecule has 4 aliphatic rings. The number of carbonyl (C=O) groups is 3. The highest BCUT2D eigenvalue weighted by molar-refractivity contribution is 7.07. The molecule has 9 heteroatoms. The van der Waals surface area contributed by atoms with Crippen LogP contribution >= 0.6 is 11.3 Å². The molecular weight excluding hydrogens is 342 g/mol. The lowest BCUT2D eigenvalue weighted by molar-refractivity contribution is -0.139. The second-order valence-corrected chi connectivity index (χ2v) is 7.67. The van der Waals surface area contributed by atoms with Crippen LogP contribution in [0.2, 0.25) is 0 Å². The van der Waals surface area contributed by atoms with Crippen LogP contribution in [0.5, 0.6) is 0 Å². The first-order valence-corrected chi connectivity index (χ1v) is 9.51. The first-order chi connectivity index (χ1) is 12.1. The van der Waals surface area contributed by atoms with Gasteiger partial charge in [-0.1, -0.05) is 0 Å². The third-order valence-electron chi connectivity index (χ3n) is 5.21. The molecular formula is C16H21N5O3S. The molecule has 4 amide bonds. The van der Waals surface area contributed by atoms with Gasteiger partial charge in [-0.25, -0.2) is 9.78 Å². The summed E-state index contributed by atoms with van der Waals surface area (Å²) < 4.78 is 0. The second-order valence-electron chi connectivity index (χ2n) is 6.96. The van der Waals surface area contributed by atoms with E-state index in [0.717, 1.165) is 43.1 Å². The van der Waals surface area contributed by atoms with Gasteiger partial charge in [-0.15, -0.1) is 11.3 Å². The van der Waals surface area contributed by atoms with Crippen molar-refractivity contribution in [3.8, 4) is 0 Å². The molecule has 1 N–H and O–H groups in total. The molecule has 2 atom stereocenters. The van der Waals surface area contributed by atoms with Crippen molar-refractivity contribution in [3.05, 3.63) is 16.6 Å². The summed E-state index contributed by atoms with van der Waals surface area (Å²) in [5.41, 5.74) is 2.92. The summed E-state index contributed by atoms with van der Waals surface area (Å²) in [4.78, 5) is 45.8. The van der Waals surface area contributed by atoms with Crippen LogP contribution in [0.15, 0.2) is 10.9 Å². The molecule has 0 spiro atoms. The average Bonchev–Trinajstić information content (AvgIpc) is 3.10. The number of amides is 4.